The predicted molar refractivity (Wildman–Crippen MR) is 344 cm³/mol. The topological polar surface area (TPSA) is 78.9 Å². The number of ether oxygens (including phenoxy) is 3. The van der Waals surface area contributed by atoms with Gasteiger partial charge in [0.1, 0.15) is 13.2 Å². The Labute approximate surface area is 494 Å². The Balaban J connectivity index is 4.01. The fourth-order valence-electron chi connectivity index (χ4n) is 11.3. The van der Waals surface area contributed by atoms with E-state index in [1.54, 1.807) is 0 Å². The second-order valence-corrected chi connectivity index (χ2v) is 24.9. The molecule has 0 amide bonds. The average Bonchev–Trinajstić information content (AvgIpc) is 3.45. The van der Waals surface area contributed by atoms with Crippen molar-refractivity contribution < 1.29 is 28.6 Å². The summed E-state index contributed by atoms with van der Waals surface area (Å²) in [5.74, 6) is -0.844. The third kappa shape index (κ3) is 66.8. The molecule has 1 atom stereocenters. The van der Waals surface area contributed by atoms with Gasteiger partial charge in [0.05, 0.1) is 0 Å². The molecular weight excluding hydrogens is 973 g/mol. The maximum absolute atomic E-state index is 12.9. The molecule has 0 aliphatic carbocycles. The van der Waals surface area contributed by atoms with Gasteiger partial charge in [-0.25, -0.2) is 0 Å². The van der Waals surface area contributed by atoms with E-state index in [1.165, 1.54) is 315 Å². The number of allylic oxidation sites excluding steroid dienone is 2. The fraction of sp³-hybridized carbons (Fsp3) is 0.932. The fourth-order valence-corrected chi connectivity index (χ4v) is 11.3. The third-order valence-corrected chi connectivity index (χ3v) is 16.8. The van der Waals surface area contributed by atoms with Crippen molar-refractivity contribution in [1.29, 1.82) is 0 Å². The van der Waals surface area contributed by atoms with E-state index in [0.717, 1.165) is 64.2 Å². The van der Waals surface area contributed by atoms with Crippen LogP contribution in [0, 0.1) is 0 Å². The summed E-state index contributed by atoms with van der Waals surface area (Å²) < 4.78 is 16.9. The Morgan fingerprint density at radius 1 is 0.241 bits per heavy atom. The molecular formula is C73H140O6. The van der Waals surface area contributed by atoms with Crippen LogP contribution in [0.2, 0.25) is 0 Å². The number of esters is 3. The van der Waals surface area contributed by atoms with Gasteiger partial charge in [-0.1, -0.05) is 367 Å². The molecule has 1 unspecified atom stereocenters. The second-order valence-electron chi connectivity index (χ2n) is 24.9. The molecule has 0 saturated heterocycles. The van der Waals surface area contributed by atoms with Crippen LogP contribution in [0.15, 0.2) is 12.2 Å². The molecule has 0 spiro atoms. The van der Waals surface area contributed by atoms with Crippen molar-refractivity contribution in [3.05, 3.63) is 12.2 Å². The lowest BCUT2D eigenvalue weighted by Gasteiger charge is -2.18. The van der Waals surface area contributed by atoms with Crippen LogP contribution in [-0.4, -0.2) is 37.2 Å². The van der Waals surface area contributed by atoms with Crippen LogP contribution >= 0.6 is 0 Å². The molecule has 0 aromatic carbocycles. The summed E-state index contributed by atoms with van der Waals surface area (Å²) >= 11 is 0. The van der Waals surface area contributed by atoms with Gasteiger partial charge >= 0.3 is 17.9 Å². The van der Waals surface area contributed by atoms with Crippen LogP contribution in [0.25, 0.3) is 0 Å². The number of hydrogen-bond acceptors (Lipinski definition) is 6. The van der Waals surface area contributed by atoms with Gasteiger partial charge in [-0.05, 0) is 44.9 Å². The average molecular weight is 1110 g/mol. The lowest BCUT2D eigenvalue weighted by Crippen LogP contribution is -2.30. The Morgan fingerprint density at radius 3 is 0.646 bits per heavy atom. The first-order chi connectivity index (χ1) is 39.0. The van der Waals surface area contributed by atoms with Gasteiger partial charge in [0.25, 0.3) is 0 Å². The normalized spacial score (nSPS) is 12.0. The molecule has 0 saturated carbocycles. The van der Waals surface area contributed by atoms with E-state index in [9.17, 15) is 14.4 Å². The molecule has 0 heterocycles. The summed E-state index contributed by atoms with van der Waals surface area (Å²) in [6.07, 6.45) is 82.7. The molecule has 0 radical (unpaired) electrons. The summed E-state index contributed by atoms with van der Waals surface area (Å²) in [5, 5.41) is 0. The summed E-state index contributed by atoms with van der Waals surface area (Å²) in [6, 6.07) is 0. The molecule has 0 fully saturated rings. The predicted octanol–water partition coefficient (Wildman–Crippen LogP) is 24.8. The van der Waals surface area contributed by atoms with Crippen LogP contribution < -0.4 is 0 Å². The van der Waals surface area contributed by atoms with Crippen molar-refractivity contribution in [3.8, 4) is 0 Å². The van der Waals surface area contributed by atoms with Gasteiger partial charge in [-0.15, -0.1) is 0 Å². The summed E-state index contributed by atoms with van der Waals surface area (Å²) in [4.78, 5) is 38.3. The van der Waals surface area contributed by atoms with E-state index in [2.05, 4.69) is 32.9 Å². The maximum atomic E-state index is 12.9. The van der Waals surface area contributed by atoms with Crippen LogP contribution in [0.4, 0.5) is 0 Å². The van der Waals surface area contributed by atoms with Crippen LogP contribution in [0.5, 0.6) is 0 Å². The zero-order chi connectivity index (χ0) is 57.1. The Kier molecular flexibility index (Phi) is 67.0. The third-order valence-electron chi connectivity index (χ3n) is 16.8. The largest absolute Gasteiger partial charge is 0.462 e. The minimum Gasteiger partial charge on any atom is -0.462 e. The standard InChI is InChI=1S/C73H140O6/c1-4-7-10-13-16-19-22-25-27-28-29-30-31-32-33-34-35-36-37-38-39-40-41-42-43-44-45-46-49-51-54-57-60-63-66-72(75)78-69-70(68-77-71(74)65-62-59-56-53-50-47-24-21-18-15-12-9-6-3)79-73(76)67-64-61-58-55-52-48-26-23-20-17-14-11-8-5-2/h21,24,70H,4-20,22-23,25-69H2,1-3H3/b24-21-. The van der Waals surface area contributed by atoms with Gasteiger partial charge < -0.3 is 14.2 Å². The summed E-state index contributed by atoms with van der Waals surface area (Å²) in [7, 11) is 0. The minimum atomic E-state index is -0.769. The smallest absolute Gasteiger partial charge is 0.306 e. The lowest BCUT2D eigenvalue weighted by molar-refractivity contribution is -0.167. The number of rotatable bonds is 68. The van der Waals surface area contributed by atoms with Crippen molar-refractivity contribution >= 4 is 17.9 Å². The molecule has 0 aliphatic rings. The first kappa shape index (κ1) is 77.2. The van der Waals surface area contributed by atoms with Crippen molar-refractivity contribution in [3.63, 3.8) is 0 Å². The highest BCUT2D eigenvalue weighted by molar-refractivity contribution is 5.71. The maximum Gasteiger partial charge on any atom is 0.306 e. The lowest BCUT2D eigenvalue weighted by atomic mass is 10.0. The quantitative estimate of drug-likeness (QED) is 0.0261. The molecule has 0 aromatic heterocycles. The van der Waals surface area contributed by atoms with Crippen molar-refractivity contribution in [2.75, 3.05) is 13.2 Å². The Hall–Kier alpha value is -1.85. The van der Waals surface area contributed by atoms with E-state index in [4.69, 9.17) is 14.2 Å². The first-order valence-electron chi connectivity index (χ1n) is 36.2. The molecule has 79 heavy (non-hydrogen) atoms. The first-order valence-corrected chi connectivity index (χ1v) is 36.2. The van der Waals surface area contributed by atoms with Gasteiger partial charge in [-0.2, -0.15) is 0 Å². The Morgan fingerprint density at radius 2 is 0.418 bits per heavy atom. The monoisotopic (exact) mass is 1110 g/mol. The summed E-state index contributed by atoms with van der Waals surface area (Å²) in [6.45, 7) is 6.70. The molecule has 6 heteroatoms. The van der Waals surface area contributed by atoms with Crippen LogP contribution in [0.1, 0.15) is 419 Å². The second kappa shape index (κ2) is 68.6. The van der Waals surface area contributed by atoms with Crippen molar-refractivity contribution in [2.24, 2.45) is 0 Å². The zero-order valence-corrected chi connectivity index (χ0v) is 53.9. The molecule has 0 bridgehead atoms. The van der Waals surface area contributed by atoms with E-state index < -0.39 is 6.10 Å². The molecule has 6 nitrogen and oxygen atoms in total. The number of carbonyl (C=O) groups is 3. The van der Waals surface area contributed by atoms with Gasteiger partial charge in [0.15, 0.2) is 6.10 Å². The van der Waals surface area contributed by atoms with E-state index in [-0.39, 0.29) is 31.1 Å². The highest BCUT2D eigenvalue weighted by Crippen LogP contribution is 2.19. The molecule has 0 aromatic rings. The van der Waals surface area contributed by atoms with Gasteiger partial charge in [-0.3, -0.25) is 14.4 Å². The zero-order valence-electron chi connectivity index (χ0n) is 53.9. The van der Waals surface area contributed by atoms with Crippen molar-refractivity contribution in [1.82, 2.24) is 0 Å². The molecule has 0 N–H and O–H groups in total. The molecule has 0 rings (SSSR count). The number of carbonyl (C=O) groups excluding carboxylic acids is 3. The van der Waals surface area contributed by atoms with E-state index >= 15 is 0 Å². The van der Waals surface area contributed by atoms with Crippen LogP contribution in [-0.2, 0) is 28.6 Å². The summed E-state index contributed by atoms with van der Waals surface area (Å²) in [5.41, 5.74) is 0. The minimum absolute atomic E-state index is 0.0660. The van der Waals surface area contributed by atoms with Gasteiger partial charge in [0, 0.05) is 19.3 Å². The van der Waals surface area contributed by atoms with Crippen LogP contribution in [0.3, 0.4) is 0 Å². The number of hydrogen-bond donors (Lipinski definition) is 0. The highest BCUT2D eigenvalue weighted by atomic mass is 16.6. The highest BCUT2D eigenvalue weighted by Gasteiger charge is 2.19. The number of unbranched alkanes of at least 4 members (excludes halogenated alkanes) is 55. The SMILES string of the molecule is CCCCCC/C=C\CCCCCCCC(=O)OCC(COC(=O)CCCCCCCCCCCCCCCCCCCCCCCCCCCCCCCCCCCC)OC(=O)CCCCCCCCCCCCCCCC. The Bertz CT molecular complexity index is 1230. The van der Waals surface area contributed by atoms with E-state index in [1.807, 2.05) is 0 Å². The van der Waals surface area contributed by atoms with E-state index in [0.29, 0.717) is 19.3 Å². The molecule has 468 valence electrons. The molecule has 0 aliphatic heterocycles. The van der Waals surface area contributed by atoms with Crippen molar-refractivity contribution in [2.45, 2.75) is 425 Å². The van der Waals surface area contributed by atoms with Gasteiger partial charge in [0.2, 0.25) is 0 Å².